The molecule has 1 aromatic rings. The third kappa shape index (κ3) is 3.99. The van der Waals surface area contributed by atoms with Crippen molar-refractivity contribution in [1.82, 2.24) is 0 Å². The van der Waals surface area contributed by atoms with Crippen molar-refractivity contribution in [3.05, 3.63) is 41.5 Å². The molecule has 17 heavy (non-hydrogen) atoms. The third-order valence-electron chi connectivity index (χ3n) is 2.27. The Kier molecular flexibility index (Phi) is 4.29. The number of rotatable bonds is 4. The van der Waals surface area contributed by atoms with E-state index in [2.05, 4.69) is 6.07 Å². The van der Waals surface area contributed by atoms with E-state index in [1.54, 1.807) is 25.1 Å². The molecule has 0 fully saturated rings. The first-order valence-electron chi connectivity index (χ1n) is 5.14. The Morgan fingerprint density at radius 3 is 2.88 bits per heavy atom. The molecule has 88 valence electrons. The van der Waals surface area contributed by atoms with Gasteiger partial charge in [-0.05, 0) is 30.7 Å². The maximum absolute atomic E-state index is 10.5. The lowest BCUT2D eigenvalue weighted by molar-refractivity contribution is -0.131. The maximum Gasteiger partial charge on any atom is 0.328 e. The Labute approximate surface area is 100 Å². The number of hydrogen-bond donors (Lipinski definition) is 1. The van der Waals surface area contributed by atoms with Crippen LogP contribution in [0.25, 0.3) is 0 Å². The lowest BCUT2D eigenvalue weighted by atomic mass is 10.2. The van der Waals surface area contributed by atoms with Gasteiger partial charge in [0.05, 0.1) is 11.6 Å². The van der Waals surface area contributed by atoms with E-state index in [4.69, 9.17) is 10.4 Å². The van der Waals surface area contributed by atoms with Gasteiger partial charge in [0.2, 0.25) is 0 Å². The second kappa shape index (κ2) is 5.71. The standard InChI is InChI=1S/C13H14N2O2/c1-10(6-13(16)17)9-15(2)12-5-3-4-11(7-12)8-14/h3-7H,9H2,1-2H3,(H,16,17). The zero-order chi connectivity index (χ0) is 12.8. The van der Waals surface area contributed by atoms with E-state index < -0.39 is 5.97 Å². The molecule has 0 radical (unpaired) electrons. The number of hydrogen-bond acceptors (Lipinski definition) is 3. The van der Waals surface area contributed by atoms with Crippen molar-refractivity contribution < 1.29 is 9.90 Å². The lowest BCUT2D eigenvalue weighted by Crippen LogP contribution is -2.19. The van der Waals surface area contributed by atoms with Crippen LogP contribution in [0.3, 0.4) is 0 Å². The number of anilines is 1. The molecular weight excluding hydrogens is 216 g/mol. The second-order valence-corrected chi connectivity index (χ2v) is 3.85. The number of aliphatic carboxylic acids is 1. The van der Waals surface area contributed by atoms with Crippen LogP contribution in [-0.4, -0.2) is 24.7 Å². The molecule has 0 atom stereocenters. The van der Waals surface area contributed by atoms with E-state index >= 15 is 0 Å². The van der Waals surface area contributed by atoms with Crippen molar-refractivity contribution in [3.63, 3.8) is 0 Å². The second-order valence-electron chi connectivity index (χ2n) is 3.85. The van der Waals surface area contributed by atoms with E-state index in [0.717, 1.165) is 11.3 Å². The van der Waals surface area contributed by atoms with Crippen LogP contribution in [0, 0.1) is 11.3 Å². The largest absolute Gasteiger partial charge is 0.478 e. The highest BCUT2D eigenvalue weighted by Gasteiger charge is 2.03. The van der Waals surface area contributed by atoms with Gasteiger partial charge in [0.1, 0.15) is 0 Å². The van der Waals surface area contributed by atoms with E-state index in [-0.39, 0.29) is 0 Å². The van der Waals surface area contributed by atoms with E-state index in [1.807, 2.05) is 18.0 Å². The van der Waals surface area contributed by atoms with Crippen molar-refractivity contribution in [3.8, 4) is 6.07 Å². The van der Waals surface area contributed by atoms with E-state index in [9.17, 15) is 4.79 Å². The van der Waals surface area contributed by atoms with Crippen molar-refractivity contribution >= 4 is 11.7 Å². The third-order valence-corrected chi connectivity index (χ3v) is 2.27. The highest BCUT2D eigenvalue weighted by Crippen LogP contribution is 2.15. The molecule has 0 aliphatic rings. The predicted octanol–water partition coefficient (Wildman–Crippen LogP) is 2.03. The van der Waals surface area contributed by atoms with Gasteiger partial charge < -0.3 is 10.0 Å². The van der Waals surface area contributed by atoms with Crippen LogP contribution in [0.5, 0.6) is 0 Å². The van der Waals surface area contributed by atoms with Crippen molar-refractivity contribution in [2.24, 2.45) is 0 Å². The highest BCUT2D eigenvalue weighted by molar-refractivity contribution is 5.80. The molecule has 0 aromatic heterocycles. The molecule has 1 N–H and O–H groups in total. The smallest absolute Gasteiger partial charge is 0.328 e. The summed E-state index contributed by atoms with van der Waals surface area (Å²) in [5.74, 6) is -0.943. The average Bonchev–Trinajstić information content (AvgIpc) is 2.27. The average molecular weight is 230 g/mol. The lowest BCUT2D eigenvalue weighted by Gasteiger charge is -2.19. The number of nitriles is 1. The fourth-order valence-electron chi connectivity index (χ4n) is 1.53. The maximum atomic E-state index is 10.5. The van der Waals surface area contributed by atoms with Gasteiger partial charge in [-0.2, -0.15) is 5.26 Å². The van der Waals surface area contributed by atoms with Gasteiger partial charge in [-0.15, -0.1) is 0 Å². The van der Waals surface area contributed by atoms with Crippen molar-refractivity contribution in [2.45, 2.75) is 6.92 Å². The first kappa shape index (κ1) is 12.8. The summed E-state index contributed by atoms with van der Waals surface area (Å²) in [6.45, 7) is 2.28. The molecule has 0 amide bonds. The predicted molar refractivity (Wildman–Crippen MR) is 65.8 cm³/mol. The van der Waals surface area contributed by atoms with Gasteiger partial charge in [-0.25, -0.2) is 4.79 Å². The quantitative estimate of drug-likeness (QED) is 0.804. The molecule has 4 nitrogen and oxygen atoms in total. The van der Waals surface area contributed by atoms with Crippen molar-refractivity contribution in [1.29, 1.82) is 5.26 Å². The van der Waals surface area contributed by atoms with Crippen LogP contribution in [-0.2, 0) is 4.79 Å². The Bertz CT molecular complexity index is 486. The number of benzene rings is 1. The Balaban J connectivity index is 2.80. The summed E-state index contributed by atoms with van der Waals surface area (Å²) in [4.78, 5) is 12.4. The summed E-state index contributed by atoms with van der Waals surface area (Å²) in [5, 5.41) is 17.4. The molecule has 1 aromatic carbocycles. The fraction of sp³-hybridized carbons (Fsp3) is 0.231. The fourth-order valence-corrected chi connectivity index (χ4v) is 1.53. The van der Waals surface area contributed by atoms with Gasteiger partial charge in [0.15, 0.2) is 0 Å². The minimum absolute atomic E-state index is 0.515. The van der Waals surface area contributed by atoms with Crippen LogP contribution in [0.1, 0.15) is 12.5 Å². The molecule has 0 bridgehead atoms. The highest BCUT2D eigenvalue weighted by atomic mass is 16.4. The van der Waals surface area contributed by atoms with Crippen LogP contribution in [0.15, 0.2) is 35.9 Å². The zero-order valence-corrected chi connectivity index (χ0v) is 9.84. The Morgan fingerprint density at radius 2 is 2.29 bits per heavy atom. The molecule has 0 saturated carbocycles. The van der Waals surface area contributed by atoms with Gasteiger partial charge >= 0.3 is 5.97 Å². The molecule has 0 aliphatic heterocycles. The summed E-state index contributed by atoms with van der Waals surface area (Å²) in [7, 11) is 1.86. The minimum atomic E-state index is -0.943. The van der Waals surface area contributed by atoms with E-state index in [1.165, 1.54) is 6.08 Å². The summed E-state index contributed by atoms with van der Waals surface area (Å²) < 4.78 is 0. The normalized spacial score (nSPS) is 10.8. The summed E-state index contributed by atoms with van der Waals surface area (Å²) in [6, 6.07) is 9.27. The topological polar surface area (TPSA) is 64.3 Å². The van der Waals surface area contributed by atoms with Gasteiger partial charge in [-0.3, -0.25) is 0 Å². The number of carboxylic acids is 1. The number of carbonyl (C=O) groups is 1. The molecule has 0 heterocycles. The first-order chi connectivity index (χ1) is 8.02. The number of carboxylic acid groups (broad SMARTS) is 1. The summed E-state index contributed by atoms with van der Waals surface area (Å²) >= 11 is 0. The molecular formula is C13H14N2O2. The first-order valence-corrected chi connectivity index (χ1v) is 5.14. The van der Waals surface area contributed by atoms with Gasteiger partial charge in [0, 0.05) is 25.4 Å². The number of nitrogens with zero attached hydrogens (tertiary/aromatic N) is 2. The van der Waals surface area contributed by atoms with Crippen molar-refractivity contribution in [2.75, 3.05) is 18.5 Å². The zero-order valence-electron chi connectivity index (χ0n) is 9.84. The van der Waals surface area contributed by atoms with Crippen LogP contribution >= 0.6 is 0 Å². The summed E-state index contributed by atoms with van der Waals surface area (Å²) in [5.41, 5.74) is 2.23. The Morgan fingerprint density at radius 1 is 1.59 bits per heavy atom. The molecule has 0 aliphatic carbocycles. The van der Waals surface area contributed by atoms with Crippen LogP contribution in [0.2, 0.25) is 0 Å². The molecule has 4 heteroatoms. The summed E-state index contributed by atoms with van der Waals surface area (Å²) in [6.07, 6.45) is 1.19. The van der Waals surface area contributed by atoms with Crippen LogP contribution < -0.4 is 4.90 Å². The SMILES string of the molecule is CC(=CC(=O)O)CN(C)c1cccc(C#N)c1. The molecule has 0 saturated heterocycles. The molecule has 0 unspecified atom stereocenters. The van der Waals surface area contributed by atoms with Gasteiger partial charge in [0.25, 0.3) is 0 Å². The molecule has 1 rings (SSSR count). The molecule has 0 spiro atoms. The van der Waals surface area contributed by atoms with E-state index in [0.29, 0.717) is 12.1 Å². The monoisotopic (exact) mass is 230 g/mol. The van der Waals surface area contributed by atoms with Gasteiger partial charge in [-0.1, -0.05) is 6.07 Å². The van der Waals surface area contributed by atoms with Crippen LogP contribution in [0.4, 0.5) is 5.69 Å². The number of likely N-dealkylation sites (N-methyl/N-ethyl adjacent to an activating group) is 1. The minimum Gasteiger partial charge on any atom is -0.478 e. The Hall–Kier alpha value is -2.28.